The molecule has 0 spiro atoms. The second-order valence-electron chi connectivity index (χ2n) is 6.18. The lowest BCUT2D eigenvalue weighted by Crippen LogP contribution is -2.37. The van der Waals surface area contributed by atoms with E-state index in [9.17, 15) is 16.8 Å². The lowest BCUT2D eigenvalue weighted by Gasteiger charge is -2.21. The molecule has 1 aliphatic heterocycles. The lowest BCUT2D eigenvalue weighted by atomic mass is 10.2. The Morgan fingerprint density at radius 3 is 2.07 bits per heavy atom. The summed E-state index contributed by atoms with van der Waals surface area (Å²) in [6.45, 7) is 0.539. The van der Waals surface area contributed by atoms with Gasteiger partial charge in [0.15, 0.2) is 5.03 Å². The quantitative estimate of drug-likeness (QED) is 0.721. The molecule has 27 heavy (non-hydrogen) atoms. The Balaban J connectivity index is 1.79. The third-order valence-electron chi connectivity index (χ3n) is 4.32. The monoisotopic (exact) mass is 409 g/mol. The minimum Gasteiger partial charge on any atom is -0.339 e. The van der Waals surface area contributed by atoms with Gasteiger partial charge in [-0.05, 0) is 30.7 Å². The van der Waals surface area contributed by atoms with Crippen LogP contribution in [0, 0.1) is 11.3 Å². The number of imidazole rings is 1. The molecule has 0 radical (unpaired) electrons. The van der Waals surface area contributed by atoms with Crippen LogP contribution in [0.15, 0.2) is 46.7 Å². The van der Waals surface area contributed by atoms with Crippen LogP contribution >= 0.6 is 0 Å². The molecule has 1 fully saturated rings. The first-order chi connectivity index (χ1) is 12.7. The first kappa shape index (κ1) is 19.5. The van der Waals surface area contributed by atoms with Gasteiger partial charge in [0.25, 0.3) is 10.0 Å². The summed E-state index contributed by atoms with van der Waals surface area (Å²) in [6.07, 6.45) is 3.21. The molecule has 2 aromatic rings. The SMILES string of the molecule is Cn1cnc(S(=O)(=O)N2CCCN(S(=O)(=O)c3ccc(C#N)cc3)CC2)c1. The standard InChI is InChI=1S/C16H19N5O4S2/c1-19-12-16(18-13-19)27(24,25)21-8-2-7-20(9-10-21)26(22,23)15-5-3-14(11-17)4-6-15/h3-6,12-13H,2,7-10H2,1H3. The van der Waals surface area contributed by atoms with Crippen LogP contribution in [0.2, 0.25) is 0 Å². The van der Waals surface area contributed by atoms with Gasteiger partial charge in [-0.3, -0.25) is 0 Å². The Hall–Kier alpha value is -2.26. The summed E-state index contributed by atoms with van der Waals surface area (Å²) in [6, 6.07) is 7.62. The number of sulfonamides is 2. The van der Waals surface area contributed by atoms with Crippen LogP contribution in [0.25, 0.3) is 0 Å². The van der Waals surface area contributed by atoms with E-state index in [0.717, 1.165) is 0 Å². The van der Waals surface area contributed by atoms with Crippen molar-refractivity contribution >= 4 is 20.0 Å². The van der Waals surface area contributed by atoms with Gasteiger partial charge in [0.05, 0.1) is 22.9 Å². The van der Waals surface area contributed by atoms with Crippen molar-refractivity contribution in [3.05, 3.63) is 42.4 Å². The van der Waals surface area contributed by atoms with Crippen molar-refractivity contribution in [3.63, 3.8) is 0 Å². The summed E-state index contributed by atoms with van der Waals surface area (Å²) < 4.78 is 55.2. The maximum absolute atomic E-state index is 12.8. The van der Waals surface area contributed by atoms with Crippen molar-refractivity contribution in [1.29, 1.82) is 5.26 Å². The highest BCUT2D eigenvalue weighted by Crippen LogP contribution is 2.21. The van der Waals surface area contributed by atoms with Gasteiger partial charge >= 0.3 is 0 Å². The molecular weight excluding hydrogens is 390 g/mol. The van der Waals surface area contributed by atoms with Crippen molar-refractivity contribution in [2.45, 2.75) is 16.3 Å². The molecule has 1 saturated heterocycles. The number of aryl methyl sites for hydroxylation is 1. The van der Waals surface area contributed by atoms with Gasteiger partial charge in [0.1, 0.15) is 0 Å². The molecule has 0 aliphatic carbocycles. The number of aromatic nitrogens is 2. The van der Waals surface area contributed by atoms with Crippen LogP contribution in [0.3, 0.4) is 0 Å². The maximum atomic E-state index is 12.8. The van der Waals surface area contributed by atoms with Crippen LogP contribution in [-0.2, 0) is 27.1 Å². The molecule has 0 atom stereocenters. The molecule has 9 nitrogen and oxygen atoms in total. The van der Waals surface area contributed by atoms with E-state index in [1.807, 2.05) is 6.07 Å². The topological polar surface area (TPSA) is 116 Å². The normalized spacial score (nSPS) is 17.3. The van der Waals surface area contributed by atoms with Gasteiger partial charge in [-0.15, -0.1) is 0 Å². The number of hydrogen-bond donors (Lipinski definition) is 0. The predicted octanol–water partition coefficient (Wildman–Crippen LogP) is 0.377. The molecule has 11 heteroatoms. The Morgan fingerprint density at radius 1 is 0.963 bits per heavy atom. The van der Waals surface area contributed by atoms with E-state index >= 15 is 0 Å². The molecule has 0 N–H and O–H groups in total. The fraction of sp³-hybridized carbons (Fsp3) is 0.375. The van der Waals surface area contributed by atoms with Crippen molar-refractivity contribution in [2.75, 3.05) is 26.2 Å². The van der Waals surface area contributed by atoms with Gasteiger partial charge < -0.3 is 4.57 Å². The molecule has 0 amide bonds. The van der Waals surface area contributed by atoms with Gasteiger partial charge in [0, 0.05) is 39.4 Å². The second-order valence-corrected chi connectivity index (χ2v) is 10.00. The van der Waals surface area contributed by atoms with E-state index < -0.39 is 20.0 Å². The number of rotatable bonds is 4. The Bertz CT molecular complexity index is 1070. The molecule has 2 heterocycles. The van der Waals surface area contributed by atoms with E-state index in [-0.39, 0.29) is 36.1 Å². The van der Waals surface area contributed by atoms with Gasteiger partial charge in [-0.1, -0.05) is 0 Å². The molecular formula is C16H19N5O4S2. The third kappa shape index (κ3) is 3.89. The van der Waals surface area contributed by atoms with Crippen molar-refractivity contribution in [1.82, 2.24) is 18.2 Å². The Kier molecular flexibility index (Phi) is 5.34. The van der Waals surface area contributed by atoms with Gasteiger partial charge in [0.2, 0.25) is 10.0 Å². The van der Waals surface area contributed by atoms with Gasteiger partial charge in [-0.25, -0.2) is 21.8 Å². The van der Waals surface area contributed by atoms with Crippen LogP contribution in [-0.4, -0.2) is 61.2 Å². The zero-order chi connectivity index (χ0) is 19.7. The fourth-order valence-corrected chi connectivity index (χ4v) is 5.76. The first-order valence-electron chi connectivity index (χ1n) is 8.23. The molecule has 0 saturated carbocycles. The first-order valence-corrected chi connectivity index (χ1v) is 11.1. The summed E-state index contributed by atoms with van der Waals surface area (Å²) in [5, 5.41) is 8.79. The van der Waals surface area contributed by atoms with E-state index in [2.05, 4.69) is 4.98 Å². The summed E-state index contributed by atoms with van der Waals surface area (Å²) in [7, 11) is -5.84. The van der Waals surface area contributed by atoms with Crippen LogP contribution in [0.4, 0.5) is 0 Å². The minimum atomic E-state index is -3.76. The number of nitriles is 1. The smallest absolute Gasteiger partial charge is 0.262 e. The van der Waals surface area contributed by atoms with E-state index in [0.29, 0.717) is 12.0 Å². The molecule has 3 rings (SSSR count). The van der Waals surface area contributed by atoms with Crippen LogP contribution in [0.1, 0.15) is 12.0 Å². The highest BCUT2D eigenvalue weighted by Gasteiger charge is 2.32. The predicted molar refractivity (Wildman–Crippen MR) is 96.5 cm³/mol. The summed E-state index contributed by atoms with van der Waals surface area (Å²) >= 11 is 0. The lowest BCUT2D eigenvalue weighted by molar-refractivity contribution is 0.403. The number of hydrogen-bond acceptors (Lipinski definition) is 6. The maximum Gasteiger partial charge on any atom is 0.262 e. The van der Waals surface area contributed by atoms with E-state index in [1.165, 1.54) is 45.4 Å². The third-order valence-corrected chi connectivity index (χ3v) is 8.02. The van der Waals surface area contributed by atoms with E-state index in [4.69, 9.17) is 5.26 Å². The molecule has 1 aromatic heterocycles. The highest BCUT2D eigenvalue weighted by molar-refractivity contribution is 7.89. The largest absolute Gasteiger partial charge is 0.339 e. The zero-order valence-electron chi connectivity index (χ0n) is 14.7. The van der Waals surface area contributed by atoms with Crippen LogP contribution in [0.5, 0.6) is 0 Å². The second kappa shape index (κ2) is 7.40. The summed E-state index contributed by atoms with van der Waals surface area (Å²) in [5.41, 5.74) is 0.373. The minimum absolute atomic E-state index is 0.0478. The van der Waals surface area contributed by atoms with Crippen molar-refractivity contribution < 1.29 is 16.8 Å². The molecule has 0 bridgehead atoms. The average Bonchev–Trinajstić information content (AvgIpc) is 2.93. The molecule has 1 aliphatic rings. The Morgan fingerprint density at radius 2 is 1.56 bits per heavy atom. The summed E-state index contributed by atoms with van der Waals surface area (Å²) in [5.74, 6) is 0. The highest BCUT2D eigenvalue weighted by atomic mass is 32.2. The molecule has 144 valence electrons. The van der Waals surface area contributed by atoms with E-state index in [1.54, 1.807) is 11.6 Å². The fourth-order valence-electron chi connectivity index (χ4n) is 2.86. The molecule has 0 unspecified atom stereocenters. The number of nitrogens with zero attached hydrogens (tertiary/aromatic N) is 5. The van der Waals surface area contributed by atoms with Gasteiger partial charge in [-0.2, -0.15) is 13.9 Å². The van der Waals surface area contributed by atoms with Crippen molar-refractivity contribution in [3.8, 4) is 6.07 Å². The Labute approximate surface area is 158 Å². The average molecular weight is 409 g/mol. The zero-order valence-corrected chi connectivity index (χ0v) is 16.3. The molecule has 1 aromatic carbocycles. The van der Waals surface area contributed by atoms with Crippen LogP contribution < -0.4 is 0 Å². The summed E-state index contributed by atoms with van der Waals surface area (Å²) in [4.78, 5) is 3.99. The number of benzene rings is 1. The van der Waals surface area contributed by atoms with Crippen molar-refractivity contribution in [2.24, 2.45) is 7.05 Å².